The van der Waals surface area contributed by atoms with Crippen LogP contribution in [0.3, 0.4) is 0 Å². The smallest absolute Gasteiger partial charge is 0.170 e. The Balaban J connectivity index is 2.11. The average molecular weight is 297 g/mol. The van der Waals surface area contributed by atoms with E-state index in [4.69, 9.17) is 23.2 Å². The van der Waals surface area contributed by atoms with Gasteiger partial charge in [-0.3, -0.25) is 9.48 Å². The van der Waals surface area contributed by atoms with Crippen LogP contribution in [0.1, 0.15) is 29.3 Å². The number of hydrogen-bond acceptors (Lipinski definition) is 2. The van der Waals surface area contributed by atoms with Crippen molar-refractivity contribution >= 4 is 29.0 Å². The Hall–Kier alpha value is -1.32. The van der Waals surface area contributed by atoms with Gasteiger partial charge in [0, 0.05) is 29.2 Å². The summed E-state index contributed by atoms with van der Waals surface area (Å²) in [5.41, 5.74) is 1.39. The van der Waals surface area contributed by atoms with Gasteiger partial charge in [0.05, 0.1) is 11.8 Å². The van der Waals surface area contributed by atoms with Crippen LogP contribution in [-0.2, 0) is 13.0 Å². The maximum Gasteiger partial charge on any atom is 0.170 e. The van der Waals surface area contributed by atoms with Gasteiger partial charge in [-0.15, -0.1) is 0 Å². The van der Waals surface area contributed by atoms with Gasteiger partial charge >= 0.3 is 0 Å². The molecule has 1 aromatic carbocycles. The highest BCUT2D eigenvalue weighted by molar-refractivity contribution is 6.35. The summed E-state index contributed by atoms with van der Waals surface area (Å²) >= 11 is 11.9. The lowest BCUT2D eigenvalue weighted by atomic mass is 10.1. The fourth-order valence-corrected chi connectivity index (χ4v) is 2.27. The topological polar surface area (TPSA) is 34.9 Å². The van der Waals surface area contributed by atoms with E-state index in [9.17, 15) is 4.79 Å². The SMILES string of the molecule is CCCn1cc(C(=O)Cc2ccc(Cl)cc2Cl)cn1. The molecule has 0 unspecified atom stereocenters. The number of carbonyl (C=O) groups is 1. The van der Waals surface area contributed by atoms with E-state index in [0.717, 1.165) is 18.5 Å². The summed E-state index contributed by atoms with van der Waals surface area (Å²) in [7, 11) is 0. The zero-order valence-electron chi connectivity index (χ0n) is 10.6. The average Bonchev–Trinajstić information content (AvgIpc) is 2.82. The van der Waals surface area contributed by atoms with Gasteiger partial charge in [0.1, 0.15) is 0 Å². The van der Waals surface area contributed by atoms with Crippen molar-refractivity contribution in [2.45, 2.75) is 26.3 Å². The number of halogens is 2. The van der Waals surface area contributed by atoms with Crippen molar-refractivity contribution in [1.29, 1.82) is 0 Å². The number of nitrogens with zero attached hydrogens (tertiary/aromatic N) is 2. The number of ketones is 1. The summed E-state index contributed by atoms with van der Waals surface area (Å²) < 4.78 is 1.77. The van der Waals surface area contributed by atoms with Gasteiger partial charge in [-0.1, -0.05) is 36.2 Å². The monoisotopic (exact) mass is 296 g/mol. The van der Waals surface area contributed by atoms with Crippen molar-refractivity contribution in [3.05, 3.63) is 51.8 Å². The van der Waals surface area contributed by atoms with Gasteiger partial charge in [-0.05, 0) is 24.1 Å². The summed E-state index contributed by atoms with van der Waals surface area (Å²) in [6.07, 6.45) is 4.61. The molecule has 2 rings (SSSR count). The van der Waals surface area contributed by atoms with Crippen molar-refractivity contribution in [3.63, 3.8) is 0 Å². The van der Waals surface area contributed by atoms with E-state index < -0.39 is 0 Å². The summed E-state index contributed by atoms with van der Waals surface area (Å²) in [5, 5.41) is 5.23. The number of hydrogen-bond donors (Lipinski definition) is 0. The summed E-state index contributed by atoms with van der Waals surface area (Å²) in [5.74, 6) is 0.00609. The number of rotatable bonds is 5. The Morgan fingerprint density at radius 3 is 2.84 bits per heavy atom. The lowest BCUT2D eigenvalue weighted by Gasteiger charge is -2.03. The van der Waals surface area contributed by atoms with Crippen LogP contribution in [0.15, 0.2) is 30.6 Å². The molecule has 0 atom stereocenters. The molecule has 0 aliphatic rings. The van der Waals surface area contributed by atoms with E-state index in [-0.39, 0.29) is 12.2 Å². The molecular formula is C14H14Cl2N2O. The van der Waals surface area contributed by atoms with Crippen LogP contribution in [0.25, 0.3) is 0 Å². The van der Waals surface area contributed by atoms with Crippen LogP contribution in [0, 0.1) is 0 Å². The highest BCUT2D eigenvalue weighted by Crippen LogP contribution is 2.22. The van der Waals surface area contributed by atoms with Gasteiger partial charge in [-0.25, -0.2) is 0 Å². The van der Waals surface area contributed by atoms with Crippen LogP contribution in [-0.4, -0.2) is 15.6 Å². The van der Waals surface area contributed by atoms with Crippen molar-refractivity contribution in [2.24, 2.45) is 0 Å². The summed E-state index contributed by atoms with van der Waals surface area (Å²) in [6, 6.07) is 5.15. The Labute approximate surface area is 122 Å². The predicted octanol–water partition coefficient (Wildman–Crippen LogP) is 4.03. The number of carbonyl (C=O) groups excluding carboxylic acids is 1. The van der Waals surface area contributed by atoms with Crippen molar-refractivity contribution in [1.82, 2.24) is 9.78 Å². The van der Waals surface area contributed by atoms with Crippen LogP contribution in [0.5, 0.6) is 0 Å². The first kappa shape index (κ1) is 14.1. The molecule has 0 radical (unpaired) electrons. The number of aromatic nitrogens is 2. The number of benzene rings is 1. The van der Waals surface area contributed by atoms with E-state index in [1.54, 1.807) is 35.3 Å². The molecule has 3 nitrogen and oxygen atoms in total. The van der Waals surface area contributed by atoms with E-state index in [1.165, 1.54) is 0 Å². The van der Waals surface area contributed by atoms with Crippen molar-refractivity contribution in [3.8, 4) is 0 Å². The van der Waals surface area contributed by atoms with Crippen molar-refractivity contribution in [2.75, 3.05) is 0 Å². The van der Waals surface area contributed by atoms with E-state index >= 15 is 0 Å². The third-order valence-electron chi connectivity index (χ3n) is 2.77. The van der Waals surface area contributed by atoms with E-state index in [2.05, 4.69) is 12.0 Å². The van der Waals surface area contributed by atoms with Gasteiger partial charge in [0.15, 0.2) is 5.78 Å². The Morgan fingerprint density at radius 1 is 1.37 bits per heavy atom. The van der Waals surface area contributed by atoms with Crippen LogP contribution in [0.4, 0.5) is 0 Å². The van der Waals surface area contributed by atoms with Crippen LogP contribution >= 0.6 is 23.2 Å². The second kappa shape index (κ2) is 6.22. The molecule has 0 fully saturated rings. The third-order valence-corrected chi connectivity index (χ3v) is 3.36. The van der Waals surface area contributed by atoms with Gasteiger partial charge in [-0.2, -0.15) is 5.10 Å². The number of Topliss-reactive ketones (excluding diaryl/α,β-unsaturated/α-hetero) is 1. The standard InChI is InChI=1S/C14H14Cl2N2O/c1-2-5-18-9-11(8-17-18)14(19)6-10-3-4-12(15)7-13(10)16/h3-4,7-9H,2,5-6H2,1H3. The maximum atomic E-state index is 12.1. The summed E-state index contributed by atoms with van der Waals surface area (Å²) in [6.45, 7) is 2.88. The van der Waals surface area contributed by atoms with Crippen molar-refractivity contribution < 1.29 is 4.79 Å². The van der Waals surface area contributed by atoms with Crippen LogP contribution < -0.4 is 0 Å². The van der Waals surface area contributed by atoms with Gasteiger partial charge in [0.25, 0.3) is 0 Å². The van der Waals surface area contributed by atoms with E-state index in [1.807, 2.05) is 0 Å². The molecule has 0 aliphatic heterocycles. The fraction of sp³-hybridized carbons (Fsp3) is 0.286. The maximum absolute atomic E-state index is 12.1. The molecule has 0 aliphatic carbocycles. The molecule has 2 aromatic rings. The normalized spacial score (nSPS) is 10.7. The fourth-order valence-electron chi connectivity index (χ4n) is 1.80. The Morgan fingerprint density at radius 2 is 2.16 bits per heavy atom. The molecular weight excluding hydrogens is 283 g/mol. The van der Waals surface area contributed by atoms with Crippen LogP contribution in [0.2, 0.25) is 10.0 Å². The predicted molar refractivity (Wildman–Crippen MR) is 77.0 cm³/mol. The molecule has 0 spiro atoms. The highest BCUT2D eigenvalue weighted by atomic mass is 35.5. The molecule has 0 saturated heterocycles. The first-order chi connectivity index (χ1) is 9.10. The zero-order chi connectivity index (χ0) is 13.8. The second-order valence-corrected chi connectivity index (χ2v) is 5.17. The minimum absolute atomic E-state index is 0.00609. The van der Waals surface area contributed by atoms with E-state index in [0.29, 0.717) is 15.6 Å². The minimum atomic E-state index is 0.00609. The highest BCUT2D eigenvalue weighted by Gasteiger charge is 2.12. The lowest BCUT2D eigenvalue weighted by molar-refractivity contribution is 0.0993. The largest absolute Gasteiger partial charge is 0.294 e. The number of aryl methyl sites for hydroxylation is 1. The summed E-state index contributed by atoms with van der Waals surface area (Å²) in [4.78, 5) is 12.1. The Kier molecular flexibility index (Phi) is 4.61. The molecule has 100 valence electrons. The van der Waals surface area contributed by atoms with Gasteiger partial charge < -0.3 is 0 Å². The first-order valence-corrected chi connectivity index (χ1v) is 6.85. The zero-order valence-corrected chi connectivity index (χ0v) is 12.1. The molecule has 1 aromatic heterocycles. The molecule has 1 heterocycles. The molecule has 19 heavy (non-hydrogen) atoms. The molecule has 0 saturated carbocycles. The molecule has 0 bridgehead atoms. The lowest BCUT2D eigenvalue weighted by Crippen LogP contribution is -2.03. The molecule has 5 heteroatoms. The minimum Gasteiger partial charge on any atom is -0.294 e. The second-order valence-electron chi connectivity index (χ2n) is 4.33. The van der Waals surface area contributed by atoms with Gasteiger partial charge in [0.2, 0.25) is 0 Å². The third kappa shape index (κ3) is 3.58. The quantitative estimate of drug-likeness (QED) is 0.781. The molecule has 0 N–H and O–H groups in total. The Bertz CT molecular complexity index is 593. The molecule has 0 amide bonds. The first-order valence-electron chi connectivity index (χ1n) is 6.09.